The molecule has 1 atom stereocenters. The zero-order chi connectivity index (χ0) is 14.7. The van der Waals surface area contributed by atoms with Gasteiger partial charge in [0.25, 0.3) is 0 Å². The van der Waals surface area contributed by atoms with E-state index in [1.165, 1.54) is 11.3 Å². The Morgan fingerprint density at radius 2 is 2.24 bits per heavy atom. The third-order valence-electron chi connectivity index (χ3n) is 3.20. The minimum Gasteiger partial charge on any atom is -0.387 e. The molecule has 3 rings (SSSR count). The van der Waals surface area contributed by atoms with E-state index in [1.54, 1.807) is 0 Å². The van der Waals surface area contributed by atoms with Crippen LogP contribution >= 0.6 is 11.3 Å². The number of rotatable bonds is 4. The number of aliphatic hydroxyl groups excluding tert-OH is 1. The first-order valence-corrected chi connectivity index (χ1v) is 7.49. The number of aromatic nitrogens is 1. The van der Waals surface area contributed by atoms with E-state index in [0.717, 1.165) is 16.5 Å². The predicted octanol–water partition coefficient (Wildman–Crippen LogP) is 3.08. The summed E-state index contributed by atoms with van der Waals surface area (Å²) < 4.78 is 0. The molecule has 2 amide bonds. The molecule has 2 heterocycles. The van der Waals surface area contributed by atoms with E-state index in [-0.39, 0.29) is 12.6 Å². The second-order valence-corrected chi connectivity index (χ2v) is 5.47. The van der Waals surface area contributed by atoms with Crippen molar-refractivity contribution in [1.29, 1.82) is 0 Å². The molecule has 1 aromatic carbocycles. The van der Waals surface area contributed by atoms with Crippen LogP contribution in [0.25, 0.3) is 10.9 Å². The van der Waals surface area contributed by atoms with Gasteiger partial charge in [0.05, 0.1) is 6.10 Å². The average molecular weight is 301 g/mol. The number of aromatic amines is 1. The molecule has 0 saturated heterocycles. The second-order valence-electron chi connectivity index (χ2n) is 4.69. The molecule has 5 nitrogen and oxygen atoms in total. The van der Waals surface area contributed by atoms with E-state index in [4.69, 9.17) is 0 Å². The summed E-state index contributed by atoms with van der Waals surface area (Å²) in [6.07, 6.45) is 1.17. The summed E-state index contributed by atoms with van der Waals surface area (Å²) >= 11 is 1.52. The van der Waals surface area contributed by atoms with E-state index < -0.39 is 6.10 Å². The van der Waals surface area contributed by atoms with Gasteiger partial charge in [0, 0.05) is 29.3 Å². The van der Waals surface area contributed by atoms with E-state index in [2.05, 4.69) is 15.6 Å². The first kappa shape index (κ1) is 13.7. The molecule has 4 N–H and O–H groups in total. The molecule has 0 aliphatic heterocycles. The fraction of sp³-hybridized carbons (Fsp3) is 0.133. The maximum absolute atomic E-state index is 11.8. The lowest BCUT2D eigenvalue weighted by Gasteiger charge is -2.11. The highest BCUT2D eigenvalue weighted by Gasteiger charge is 2.10. The van der Waals surface area contributed by atoms with Gasteiger partial charge in [-0.15, -0.1) is 0 Å². The molecule has 21 heavy (non-hydrogen) atoms. The minimum atomic E-state index is -0.686. The molecular weight excluding hydrogens is 286 g/mol. The molecule has 3 aromatic rings. The third-order valence-corrected chi connectivity index (χ3v) is 3.90. The second kappa shape index (κ2) is 5.99. The first-order chi connectivity index (χ1) is 10.2. The summed E-state index contributed by atoms with van der Waals surface area (Å²) in [6.45, 7) is 0.176. The number of nitrogens with one attached hydrogen (secondary N) is 3. The monoisotopic (exact) mass is 301 g/mol. The molecule has 0 aliphatic carbocycles. The van der Waals surface area contributed by atoms with E-state index in [1.807, 2.05) is 47.3 Å². The highest BCUT2D eigenvalue weighted by Crippen LogP contribution is 2.18. The van der Waals surface area contributed by atoms with Crippen molar-refractivity contribution in [1.82, 2.24) is 10.3 Å². The van der Waals surface area contributed by atoms with Crippen molar-refractivity contribution < 1.29 is 9.90 Å². The smallest absolute Gasteiger partial charge is 0.319 e. The number of carbonyl (C=O) groups is 1. The maximum atomic E-state index is 11.8. The van der Waals surface area contributed by atoms with Gasteiger partial charge in [-0.1, -0.05) is 0 Å². The Balaban J connectivity index is 1.56. The number of H-pyrrole nitrogens is 1. The summed E-state index contributed by atoms with van der Waals surface area (Å²) in [7, 11) is 0. The van der Waals surface area contributed by atoms with Crippen LogP contribution < -0.4 is 10.6 Å². The van der Waals surface area contributed by atoms with Crippen molar-refractivity contribution >= 4 is 34.0 Å². The highest BCUT2D eigenvalue weighted by molar-refractivity contribution is 7.07. The van der Waals surface area contributed by atoms with Crippen molar-refractivity contribution in [2.24, 2.45) is 0 Å². The van der Waals surface area contributed by atoms with Crippen LogP contribution in [0.2, 0.25) is 0 Å². The number of fused-ring (bicyclic) bond motifs is 1. The van der Waals surface area contributed by atoms with Gasteiger partial charge in [-0.3, -0.25) is 0 Å². The fourth-order valence-electron chi connectivity index (χ4n) is 2.08. The SMILES string of the molecule is O=C(NCC(O)c1ccsc1)Nc1ccc2[nH]ccc2c1. The Morgan fingerprint density at radius 1 is 1.33 bits per heavy atom. The van der Waals surface area contributed by atoms with Gasteiger partial charge in [0.1, 0.15) is 0 Å². The van der Waals surface area contributed by atoms with Gasteiger partial charge in [0.2, 0.25) is 0 Å². The molecule has 0 saturated carbocycles. The number of thiophene rings is 1. The topological polar surface area (TPSA) is 77.2 Å². The lowest BCUT2D eigenvalue weighted by Crippen LogP contribution is -2.32. The lowest BCUT2D eigenvalue weighted by atomic mass is 10.2. The van der Waals surface area contributed by atoms with Crippen LogP contribution in [0.1, 0.15) is 11.7 Å². The highest BCUT2D eigenvalue weighted by atomic mass is 32.1. The summed E-state index contributed by atoms with van der Waals surface area (Å²) in [5.74, 6) is 0. The average Bonchev–Trinajstić information content (AvgIpc) is 3.15. The molecule has 108 valence electrons. The Kier molecular flexibility index (Phi) is 3.89. The first-order valence-electron chi connectivity index (χ1n) is 6.54. The number of amides is 2. The Bertz CT molecular complexity index is 736. The van der Waals surface area contributed by atoms with Crippen molar-refractivity contribution in [2.75, 3.05) is 11.9 Å². The van der Waals surface area contributed by atoms with Crippen molar-refractivity contribution in [3.05, 3.63) is 52.9 Å². The third kappa shape index (κ3) is 3.24. The molecule has 0 spiro atoms. The number of hydrogen-bond acceptors (Lipinski definition) is 3. The van der Waals surface area contributed by atoms with Crippen LogP contribution in [0, 0.1) is 0 Å². The lowest BCUT2D eigenvalue weighted by molar-refractivity contribution is 0.175. The largest absolute Gasteiger partial charge is 0.387 e. The Labute approximate surface area is 125 Å². The summed E-state index contributed by atoms with van der Waals surface area (Å²) in [4.78, 5) is 14.9. The quantitative estimate of drug-likeness (QED) is 0.597. The number of hydrogen-bond donors (Lipinski definition) is 4. The molecule has 0 bridgehead atoms. The Hall–Kier alpha value is -2.31. The maximum Gasteiger partial charge on any atom is 0.319 e. The zero-order valence-corrected chi connectivity index (χ0v) is 12.0. The standard InChI is InChI=1S/C15H15N3O2S/c19-14(11-4-6-21-9-11)8-17-15(20)18-12-1-2-13-10(7-12)3-5-16-13/h1-7,9,14,16,19H,8H2,(H2,17,18,20). The molecule has 0 fully saturated rings. The van der Waals surface area contributed by atoms with Crippen molar-refractivity contribution in [2.45, 2.75) is 6.10 Å². The van der Waals surface area contributed by atoms with Crippen LogP contribution in [0.5, 0.6) is 0 Å². The fourth-order valence-corrected chi connectivity index (χ4v) is 2.79. The van der Waals surface area contributed by atoms with E-state index >= 15 is 0 Å². The summed E-state index contributed by atoms with van der Waals surface area (Å²) in [5, 5.41) is 20.1. The van der Waals surface area contributed by atoms with Gasteiger partial charge in [0.15, 0.2) is 0 Å². The summed E-state index contributed by atoms with van der Waals surface area (Å²) in [6, 6.07) is 9.08. The van der Waals surface area contributed by atoms with Gasteiger partial charge < -0.3 is 20.7 Å². The molecule has 6 heteroatoms. The number of urea groups is 1. The molecule has 0 aliphatic rings. The zero-order valence-electron chi connectivity index (χ0n) is 11.2. The van der Waals surface area contributed by atoms with Crippen LogP contribution in [-0.4, -0.2) is 22.7 Å². The minimum absolute atomic E-state index is 0.176. The number of carbonyl (C=O) groups excluding carboxylic acids is 1. The normalized spacial score (nSPS) is 12.2. The molecule has 2 aromatic heterocycles. The van der Waals surface area contributed by atoms with Crippen LogP contribution in [0.15, 0.2) is 47.3 Å². The van der Waals surface area contributed by atoms with Gasteiger partial charge in [-0.2, -0.15) is 11.3 Å². The molecular formula is C15H15N3O2S. The predicted molar refractivity (Wildman–Crippen MR) is 84.6 cm³/mol. The van der Waals surface area contributed by atoms with Gasteiger partial charge in [-0.05, 0) is 46.7 Å². The van der Waals surface area contributed by atoms with E-state index in [9.17, 15) is 9.90 Å². The molecule has 0 radical (unpaired) electrons. The number of benzene rings is 1. The van der Waals surface area contributed by atoms with Crippen LogP contribution in [0.3, 0.4) is 0 Å². The Morgan fingerprint density at radius 3 is 3.05 bits per heavy atom. The summed E-state index contributed by atoms with van der Waals surface area (Å²) in [5.41, 5.74) is 2.55. The van der Waals surface area contributed by atoms with Crippen molar-refractivity contribution in [3.8, 4) is 0 Å². The van der Waals surface area contributed by atoms with E-state index in [0.29, 0.717) is 5.69 Å². The van der Waals surface area contributed by atoms with Gasteiger partial charge >= 0.3 is 6.03 Å². The van der Waals surface area contributed by atoms with Crippen molar-refractivity contribution in [3.63, 3.8) is 0 Å². The molecule has 1 unspecified atom stereocenters. The van der Waals surface area contributed by atoms with Gasteiger partial charge in [-0.25, -0.2) is 4.79 Å². The van der Waals surface area contributed by atoms with Crippen LogP contribution in [-0.2, 0) is 0 Å². The number of aliphatic hydroxyl groups is 1. The number of anilines is 1. The van der Waals surface area contributed by atoms with Crippen LogP contribution in [0.4, 0.5) is 10.5 Å².